The van der Waals surface area contributed by atoms with E-state index in [1.807, 2.05) is 69.0 Å². The second-order valence-corrected chi connectivity index (χ2v) is 13.1. The minimum atomic E-state index is -0.248. The fourth-order valence-corrected chi connectivity index (χ4v) is 7.10. The van der Waals surface area contributed by atoms with Crippen molar-refractivity contribution in [2.75, 3.05) is 17.2 Å². The minimum absolute atomic E-state index is 0.0463. The summed E-state index contributed by atoms with van der Waals surface area (Å²) >= 11 is 0. The normalized spacial score (nSPS) is 20.1. The van der Waals surface area contributed by atoms with Crippen LogP contribution >= 0.6 is 0 Å². The van der Waals surface area contributed by atoms with Gasteiger partial charge in [-0.3, -0.25) is 14.3 Å². The van der Waals surface area contributed by atoms with Crippen LogP contribution in [0.5, 0.6) is 0 Å². The van der Waals surface area contributed by atoms with Crippen molar-refractivity contribution in [2.24, 2.45) is 18.9 Å². The van der Waals surface area contributed by atoms with E-state index in [4.69, 9.17) is 0 Å². The first-order valence-corrected chi connectivity index (χ1v) is 16.2. The Hall–Kier alpha value is -4.46. The molecule has 2 aromatic heterocycles. The van der Waals surface area contributed by atoms with Crippen molar-refractivity contribution in [3.8, 4) is 11.3 Å². The molecule has 45 heavy (non-hydrogen) atoms. The molecule has 0 radical (unpaired) electrons. The number of carbonyl (C=O) groups excluding carboxylic acids is 2. The first kappa shape index (κ1) is 30.6. The van der Waals surface area contributed by atoms with Gasteiger partial charge in [0.1, 0.15) is 5.82 Å². The van der Waals surface area contributed by atoms with Gasteiger partial charge in [0.15, 0.2) is 0 Å². The molecular weight excluding hydrogens is 560 g/mol. The van der Waals surface area contributed by atoms with Gasteiger partial charge in [-0.15, -0.1) is 0 Å². The Kier molecular flexibility index (Phi) is 8.74. The van der Waals surface area contributed by atoms with Gasteiger partial charge in [-0.05, 0) is 105 Å². The van der Waals surface area contributed by atoms with Crippen LogP contribution in [-0.2, 0) is 7.05 Å². The smallest absolute Gasteiger partial charge is 0.257 e. The lowest BCUT2D eigenvalue weighted by molar-refractivity contribution is 0.0144. The van der Waals surface area contributed by atoms with E-state index in [1.54, 1.807) is 12.3 Å². The van der Waals surface area contributed by atoms with Gasteiger partial charge in [0.05, 0.1) is 11.3 Å². The van der Waals surface area contributed by atoms with Gasteiger partial charge in [-0.1, -0.05) is 43.7 Å². The largest absolute Gasteiger partial charge is 0.368 e. The van der Waals surface area contributed by atoms with Gasteiger partial charge in [-0.2, -0.15) is 5.10 Å². The topological polar surface area (TPSA) is 92.2 Å². The van der Waals surface area contributed by atoms with E-state index in [-0.39, 0.29) is 23.9 Å². The fourth-order valence-electron chi connectivity index (χ4n) is 7.10. The first-order chi connectivity index (χ1) is 21.7. The molecule has 3 atom stereocenters. The van der Waals surface area contributed by atoms with Crippen LogP contribution < -0.4 is 10.6 Å². The van der Waals surface area contributed by atoms with Gasteiger partial charge in [0.2, 0.25) is 0 Å². The van der Waals surface area contributed by atoms with Crippen LogP contribution in [0.4, 0.5) is 11.5 Å². The van der Waals surface area contributed by atoms with Gasteiger partial charge in [0.25, 0.3) is 11.8 Å². The zero-order chi connectivity index (χ0) is 31.7. The highest BCUT2D eigenvalue weighted by atomic mass is 16.2. The molecule has 3 unspecified atom stereocenters. The average molecular weight is 605 g/mol. The standard InChI is InChI=1S/C37H44N6O2/c1-23(2)40-34-16-15-30(22-38-34)36(44)41-32-21-29(10-9-24(32)3)37(45)43-20-18-31(25(4)35(43)28-7-6-8-28)26-11-13-27(14-12-26)33-17-19-39-42(33)5/h9-17,19,21-23,25,28,31,35H,6-8,18,20H2,1-5H3,(H,38,40)(H,41,44). The number of anilines is 2. The monoisotopic (exact) mass is 604 g/mol. The Balaban J connectivity index is 1.19. The zero-order valence-electron chi connectivity index (χ0n) is 27.0. The van der Waals surface area contributed by atoms with E-state index in [2.05, 4.69) is 56.8 Å². The molecule has 8 heteroatoms. The molecule has 8 nitrogen and oxygen atoms in total. The lowest BCUT2D eigenvalue weighted by Crippen LogP contribution is -2.55. The predicted molar refractivity (Wildman–Crippen MR) is 179 cm³/mol. The number of rotatable bonds is 8. The Bertz CT molecular complexity index is 1660. The van der Waals surface area contributed by atoms with Gasteiger partial charge in [0, 0.05) is 49.3 Å². The molecule has 6 rings (SSSR count). The van der Waals surface area contributed by atoms with E-state index < -0.39 is 0 Å². The summed E-state index contributed by atoms with van der Waals surface area (Å²) in [6.07, 6.45) is 7.88. The van der Waals surface area contributed by atoms with Crippen LogP contribution in [0.25, 0.3) is 11.3 Å². The zero-order valence-corrected chi connectivity index (χ0v) is 27.0. The van der Waals surface area contributed by atoms with E-state index in [9.17, 15) is 9.59 Å². The molecular formula is C37H44N6O2. The molecule has 0 bridgehead atoms. The number of nitrogens with one attached hydrogen (secondary N) is 2. The number of benzene rings is 2. The summed E-state index contributed by atoms with van der Waals surface area (Å²) in [6, 6.07) is 20.6. The third-order valence-corrected chi connectivity index (χ3v) is 9.76. The van der Waals surface area contributed by atoms with Crippen LogP contribution in [0.1, 0.15) is 84.2 Å². The molecule has 2 aliphatic rings. The summed E-state index contributed by atoms with van der Waals surface area (Å²) in [5.74, 6) is 1.77. The second-order valence-electron chi connectivity index (χ2n) is 13.1. The van der Waals surface area contributed by atoms with Crippen LogP contribution in [0, 0.1) is 18.8 Å². The number of amides is 2. The maximum absolute atomic E-state index is 14.2. The third-order valence-electron chi connectivity index (χ3n) is 9.76. The highest BCUT2D eigenvalue weighted by molar-refractivity contribution is 6.05. The molecule has 1 saturated carbocycles. The number of hydrogen-bond acceptors (Lipinski definition) is 5. The van der Waals surface area contributed by atoms with Crippen molar-refractivity contribution in [2.45, 2.75) is 71.4 Å². The summed E-state index contributed by atoms with van der Waals surface area (Å²) in [5, 5.41) is 10.6. The number of piperidine rings is 1. The Morgan fingerprint density at radius 3 is 2.33 bits per heavy atom. The van der Waals surface area contributed by atoms with Crippen molar-refractivity contribution in [1.82, 2.24) is 19.7 Å². The first-order valence-electron chi connectivity index (χ1n) is 16.2. The van der Waals surface area contributed by atoms with Gasteiger partial charge >= 0.3 is 0 Å². The number of carbonyl (C=O) groups is 2. The number of aryl methyl sites for hydroxylation is 2. The summed E-state index contributed by atoms with van der Waals surface area (Å²) in [6.45, 7) is 9.08. The SMILES string of the molecule is Cc1ccc(C(=O)N2CCC(c3ccc(-c4ccnn4C)cc3)C(C)C2C2CCC2)cc1NC(=O)c1ccc(NC(C)C)nc1. The van der Waals surface area contributed by atoms with E-state index >= 15 is 0 Å². The van der Waals surface area contributed by atoms with Crippen LogP contribution in [0.15, 0.2) is 73.1 Å². The highest BCUT2D eigenvalue weighted by Crippen LogP contribution is 2.45. The number of pyridine rings is 1. The third kappa shape index (κ3) is 6.37. The van der Waals surface area contributed by atoms with Gasteiger partial charge < -0.3 is 15.5 Å². The average Bonchev–Trinajstić information content (AvgIpc) is 3.44. The molecule has 2 fully saturated rings. The van der Waals surface area contributed by atoms with Crippen LogP contribution in [-0.4, -0.2) is 50.1 Å². The molecule has 3 heterocycles. The minimum Gasteiger partial charge on any atom is -0.368 e. The molecule has 2 amide bonds. The highest BCUT2D eigenvalue weighted by Gasteiger charge is 2.44. The number of aromatic nitrogens is 3. The molecule has 234 valence electrons. The lowest BCUT2D eigenvalue weighted by atomic mass is 9.67. The number of likely N-dealkylation sites (tertiary alicyclic amines) is 1. The molecule has 1 saturated heterocycles. The number of nitrogens with zero attached hydrogens (tertiary/aromatic N) is 4. The fraction of sp³-hybridized carbons (Fsp3) is 0.405. The van der Waals surface area contributed by atoms with Gasteiger partial charge in [-0.25, -0.2) is 4.98 Å². The molecule has 4 aromatic rings. The summed E-state index contributed by atoms with van der Waals surface area (Å²) in [7, 11) is 1.97. The van der Waals surface area contributed by atoms with Crippen molar-refractivity contribution in [3.63, 3.8) is 0 Å². The summed E-state index contributed by atoms with van der Waals surface area (Å²) in [5.41, 5.74) is 6.23. The maximum Gasteiger partial charge on any atom is 0.257 e. The molecule has 2 N–H and O–H groups in total. The number of hydrogen-bond donors (Lipinski definition) is 2. The summed E-state index contributed by atoms with van der Waals surface area (Å²) < 4.78 is 1.90. The summed E-state index contributed by atoms with van der Waals surface area (Å²) in [4.78, 5) is 33.8. The Labute approximate surface area is 266 Å². The van der Waals surface area contributed by atoms with Crippen molar-refractivity contribution in [3.05, 3.63) is 95.3 Å². The molecule has 0 spiro atoms. The Morgan fingerprint density at radius 1 is 0.956 bits per heavy atom. The molecule has 1 aliphatic carbocycles. The second kappa shape index (κ2) is 12.9. The lowest BCUT2D eigenvalue weighted by Gasteiger charge is -2.50. The van der Waals surface area contributed by atoms with Crippen molar-refractivity contribution >= 4 is 23.3 Å². The van der Waals surface area contributed by atoms with Crippen molar-refractivity contribution < 1.29 is 9.59 Å². The molecule has 2 aromatic carbocycles. The predicted octanol–water partition coefficient (Wildman–Crippen LogP) is 7.30. The quantitative estimate of drug-likeness (QED) is 0.220. The van der Waals surface area contributed by atoms with Crippen LogP contribution in [0.2, 0.25) is 0 Å². The van der Waals surface area contributed by atoms with Crippen LogP contribution in [0.3, 0.4) is 0 Å². The van der Waals surface area contributed by atoms with E-state index in [0.29, 0.717) is 34.6 Å². The molecule has 1 aliphatic heterocycles. The van der Waals surface area contributed by atoms with E-state index in [0.717, 1.165) is 35.6 Å². The van der Waals surface area contributed by atoms with Crippen molar-refractivity contribution in [1.29, 1.82) is 0 Å². The van der Waals surface area contributed by atoms with E-state index in [1.165, 1.54) is 24.8 Å². The Morgan fingerprint density at radius 2 is 1.71 bits per heavy atom. The maximum atomic E-state index is 14.2.